The first kappa shape index (κ1) is 18.6. The summed E-state index contributed by atoms with van der Waals surface area (Å²) >= 11 is 0. The van der Waals surface area contributed by atoms with Crippen molar-refractivity contribution in [3.8, 4) is 0 Å². The van der Waals surface area contributed by atoms with Crippen molar-refractivity contribution in [3.63, 3.8) is 0 Å². The van der Waals surface area contributed by atoms with Gasteiger partial charge in [-0.15, -0.1) is 0 Å². The first-order valence-corrected chi connectivity index (χ1v) is 10.9. The van der Waals surface area contributed by atoms with E-state index < -0.39 is 8.32 Å². The van der Waals surface area contributed by atoms with Crippen LogP contribution < -0.4 is 15.9 Å². The summed E-state index contributed by atoms with van der Waals surface area (Å²) in [7, 11) is -2.52. The molecule has 0 amide bonds. The maximum absolute atomic E-state index is 6.65. The number of hydrogen-bond acceptors (Lipinski definition) is 2. The van der Waals surface area contributed by atoms with Crippen molar-refractivity contribution < 1.29 is 4.53 Å². The number of nitrogens with one attached hydrogen (secondary N) is 1. The van der Waals surface area contributed by atoms with Crippen LogP contribution in [-0.2, 0) is 11.1 Å². The van der Waals surface area contributed by atoms with Crippen LogP contribution in [0.5, 0.6) is 0 Å². The molecule has 0 bridgehead atoms. The quantitative estimate of drug-likeness (QED) is 0.528. The summed E-state index contributed by atoms with van der Waals surface area (Å²) in [4.78, 5) is 0. The van der Waals surface area contributed by atoms with E-state index in [2.05, 4.69) is 99.0 Å². The van der Waals surface area contributed by atoms with Crippen LogP contribution in [0.4, 0.5) is 0 Å². The summed E-state index contributed by atoms with van der Waals surface area (Å²) in [6.45, 7) is 7.48. The van der Waals surface area contributed by atoms with Gasteiger partial charge >= 0.3 is 0 Å². The standard InChI is InChI=1S/C23H26NOSi/c1-23(2,3)26(21-15-9-5-10-16-21,22-17-11-6-12-18-22)25-24-19-20-13-7-4-8-14-20/h4-7,9-18,24H,19H2,1-3H3. The number of hydroxylamine groups is 1. The molecule has 3 aromatic carbocycles. The zero-order valence-electron chi connectivity index (χ0n) is 15.7. The molecule has 0 unspecified atom stereocenters. The second-order valence-electron chi connectivity index (χ2n) is 7.50. The fourth-order valence-electron chi connectivity index (χ4n) is 3.42. The van der Waals surface area contributed by atoms with Gasteiger partial charge < -0.3 is 4.53 Å². The van der Waals surface area contributed by atoms with E-state index in [9.17, 15) is 0 Å². The van der Waals surface area contributed by atoms with Crippen molar-refractivity contribution in [3.05, 3.63) is 96.6 Å². The third kappa shape index (κ3) is 3.80. The van der Waals surface area contributed by atoms with E-state index in [1.54, 1.807) is 0 Å². The first-order valence-electron chi connectivity index (χ1n) is 9.01. The van der Waals surface area contributed by atoms with Gasteiger partial charge in [-0.25, -0.2) is 5.48 Å². The molecule has 0 fully saturated rings. The van der Waals surface area contributed by atoms with Crippen LogP contribution >= 0.6 is 0 Å². The van der Waals surface area contributed by atoms with Gasteiger partial charge in [0.05, 0.1) is 0 Å². The average Bonchev–Trinajstić information content (AvgIpc) is 2.66. The summed E-state index contributed by atoms with van der Waals surface area (Å²) in [6, 6.07) is 32.4. The van der Waals surface area contributed by atoms with E-state index in [1.807, 2.05) is 18.2 Å². The minimum absolute atomic E-state index is 0.0362. The summed E-state index contributed by atoms with van der Waals surface area (Å²) in [6.07, 6.45) is 0. The molecule has 0 saturated heterocycles. The van der Waals surface area contributed by atoms with E-state index in [1.165, 1.54) is 10.4 Å². The maximum atomic E-state index is 6.65. The fourth-order valence-corrected chi connectivity index (χ4v) is 7.64. The third-order valence-electron chi connectivity index (χ3n) is 4.69. The van der Waals surface area contributed by atoms with Crippen LogP contribution in [0.15, 0.2) is 84.9 Å². The molecule has 133 valence electrons. The normalized spacial score (nSPS) is 12.1. The van der Waals surface area contributed by atoms with Gasteiger partial charge in [0.25, 0.3) is 8.32 Å². The SMILES string of the molecule is CC(C)(C)[Si](ONCc1c[c]ccc1)(c1ccccc1)c1ccccc1. The van der Waals surface area contributed by atoms with E-state index in [0.717, 1.165) is 5.56 Å². The molecule has 1 N–H and O–H groups in total. The van der Waals surface area contributed by atoms with Crippen molar-refractivity contribution in [2.45, 2.75) is 32.4 Å². The van der Waals surface area contributed by atoms with Gasteiger partial charge in [-0.1, -0.05) is 99.6 Å². The Balaban J connectivity index is 2.00. The van der Waals surface area contributed by atoms with E-state index in [4.69, 9.17) is 4.53 Å². The lowest BCUT2D eigenvalue weighted by molar-refractivity contribution is 0.175. The second-order valence-corrected chi connectivity index (χ2v) is 11.7. The second kappa shape index (κ2) is 8.00. The molecular weight excluding hydrogens is 334 g/mol. The van der Waals surface area contributed by atoms with Crippen molar-refractivity contribution >= 4 is 18.7 Å². The third-order valence-corrected chi connectivity index (χ3v) is 9.55. The molecule has 0 atom stereocenters. The van der Waals surface area contributed by atoms with E-state index in [-0.39, 0.29) is 5.04 Å². The van der Waals surface area contributed by atoms with E-state index >= 15 is 0 Å². The van der Waals surface area contributed by atoms with Gasteiger partial charge in [-0.2, -0.15) is 0 Å². The first-order chi connectivity index (χ1) is 12.5. The highest BCUT2D eigenvalue weighted by molar-refractivity contribution is 6.99. The molecule has 0 aromatic heterocycles. The Labute approximate surface area is 157 Å². The maximum Gasteiger partial charge on any atom is 0.287 e. The van der Waals surface area contributed by atoms with Gasteiger partial charge in [0.2, 0.25) is 0 Å². The largest absolute Gasteiger partial charge is 0.333 e. The zero-order chi connectivity index (χ0) is 18.5. The highest BCUT2D eigenvalue weighted by Gasteiger charge is 2.51. The highest BCUT2D eigenvalue weighted by Crippen LogP contribution is 2.36. The smallest absolute Gasteiger partial charge is 0.287 e. The predicted octanol–water partition coefficient (Wildman–Crippen LogP) is 4.07. The Kier molecular flexibility index (Phi) is 5.72. The highest BCUT2D eigenvalue weighted by atomic mass is 28.4. The Hall–Kier alpha value is -2.20. The predicted molar refractivity (Wildman–Crippen MR) is 111 cm³/mol. The minimum atomic E-state index is -2.52. The summed E-state index contributed by atoms with van der Waals surface area (Å²) in [5.74, 6) is 0. The van der Waals surface area contributed by atoms with Gasteiger partial charge in [0, 0.05) is 6.54 Å². The molecule has 3 aromatic rings. The summed E-state index contributed by atoms with van der Waals surface area (Å²) in [5.41, 5.74) is 4.45. The molecule has 0 heterocycles. The molecule has 2 nitrogen and oxygen atoms in total. The van der Waals surface area contributed by atoms with Crippen molar-refractivity contribution in [2.24, 2.45) is 0 Å². The molecule has 3 heteroatoms. The Morgan fingerprint density at radius 2 is 1.42 bits per heavy atom. The minimum Gasteiger partial charge on any atom is -0.333 e. The van der Waals surface area contributed by atoms with Gasteiger partial charge in [-0.05, 0) is 33.1 Å². The van der Waals surface area contributed by atoms with Crippen LogP contribution in [0.25, 0.3) is 0 Å². The van der Waals surface area contributed by atoms with Crippen LogP contribution in [0.3, 0.4) is 0 Å². The lowest BCUT2D eigenvalue weighted by Crippen LogP contribution is -2.68. The Morgan fingerprint density at radius 3 is 1.88 bits per heavy atom. The molecular formula is C23H26NOSi. The average molecular weight is 361 g/mol. The molecule has 3 rings (SSSR count). The monoisotopic (exact) mass is 360 g/mol. The van der Waals surface area contributed by atoms with Gasteiger partial charge in [0.15, 0.2) is 0 Å². The van der Waals surface area contributed by atoms with Crippen LogP contribution in [0.2, 0.25) is 5.04 Å². The van der Waals surface area contributed by atoms with E-state index in [0.29, 0.717) is 6.54 Å². The topological polar surface area (TPSA) is 21.3 Å². The summed E-state index contributed by atoms with van der Waals surface area (Å²) in [5, 5.41) is 2.50. The zero-order valence-corrected chi connectivity index (χ0v) is 16.7. The Bertz CT molecular complexity index is 758. The van der Waals surface area contributed by atoms with Crippen molar-refractivity contribution in [1.82, 2.24) is 5.48 Å². The molecule has 0 aliphatic carbocycles. The molecule has 26 heavy (non-hydrogen) atoms. The summed E-state index contributed by atoms with van der Waals surface area (Å²) < 4.78 is 6.65. The van der Waals surface area contributed by atoms with Gasteiger partial charge in [-0.3, -0.25) is 0 Å². The molecule has 0 spiro atoms. The van der Waals surface area contributed by atoms with Crippen molar-refractivity contribution in [1.29, 1.82) is 0 Å². The fraction of sp³-hybridized carbons (Fsp3) is 0.217. The number of hydrogen-bond donors (Lipinski definition) is 1. The van der Waals surface area contributed by atoms with Crippen LogP contribution in [0, 0.1) is 6.07 Å². The van der Waals surface area contributed by atoms with Crippen molar-refractivity contribution in [2.75, 3.05) is 0 Å². The lowest BCUT2D eigenvalue weighted by Gasteiger charge is -2.42. The molecule has 0 saturated carbocycles. The molecule has 0 aliphatic heterocycles. The van der Waals surface area contributed by atoms with Crippen LogP contribution in [0.1, 0.15) is 26.3 Å². The van der Waals surface area contributed by atoms with Crippen LogP contribution in [-0.4, -0.2) is 8.32 Å². The number of benzene rings is 3. The molecule has 1 radical (unpaired) electrons. The lowest BCUT2D eigenvalue weighted by atomic mass is 10.2. The number of rotatable bonds is 6. The Morgan fingerprint density at radius 1 is 0.846 bits per heavy atom. The molecule has 0 aliphatic rings. The van der Waals surface area contributed by atoms with Gasteiger partial charge in [0.1, 0.15) is 0 Å².